The number of benzene rings is 1. The van der Waals surface area contributed by atoms with Gasteiger partial charge in [-0.1, -0.05) is 23.7 Å². The molecule has 2 rings (SSSR count). The zero-order chi connectivity index (χ0) is 12.3. The molecule has 1 radical (unpaired) electrons. The number of hydroxylamine groups is 2. The lowest BCUT2D eigenvalue weighted by Crippen LogP contribution is -2.36. The van der Waals surface area contributed by atoms with Crippen molar-refractivity contribution in [1.29, 1.82) is 0 Å². The predicted octanol–water partition coefficient (Wildman–Crippen LogP) is 3.09. The van der Waals surface area contributed by atoms with Gasteiger partial charge in [-0.15, -0.1) is 4.81 Å². The predicted molar refractivity (Wildman–Crippen MR) is 65.2 cm³/mol. The molecule has 0 spiro atoms. The molecule has 0 amide bonds. The molecule has 0 aliphatic heterocycles. The Labute approximate surface area is 104 Å². The number of hydrogen-bond acceptors (Lipinski definition) is 2. The van der Waals surface area contributed by atoms with Crippen LogP contribution in [0.25, 0.3) is 0 Å². The van der Waals surface area contributed by atoms with Crippen LogP contribution in [0.15, 0.2) is 48.8 Å². The molecule has 0 fully saturated rings. The van der Waals surface area contributed by atoms with Crippen LogP contribution in [0.1, 0.15) is 5.56 Å². The molecule has 1 aromatic carbocycles. The van der Waals surface area contributed by atoms with E-state index in [9.17, 15) is 10.4 Å². The highest BCUT2D eigenvalue weighted by Gasteiger charge is 2.24. The smallest absolute Gasteiger partial charge is 0.187 e. The van der Waals surface area contributed by atoms with Gasteiger partial charge in [-0.2, -0.15) is 0 Å². The van der Waals surface area contributed by atoms with E-state index in [-0.39, 0.29) is 17.3 Å². The molecule has 0 bridgehead atoms. The highest BCUT2D eigenvalue weighted by molar-refractivity contribution is 6.33. The summed E-state index contributed by atoms with van der Waals surface area (Å²) in [6.45, 7) is -0.216. The molecule has 0 saturated carbocycles. The van der Waals surface area contributed by atoms with Crippen molar-refractivity contribution in [3.63, 3.8) is 0 Å². The Hall–Kier alpha value is -1.46. The SMILES string of the molecule is [O][N+]([O-])(Cc1ccncc1)c1ccccc1Cl. The summed E-state index contributed by atoms with van der Waals surface area (Å²) in [6.07, 6.45) is 3.09. The highest BCUT2D eigenvalue weighted by Crippen LogP contribution is 2.30. The van der Waals surface area contributed by atoms with Gasteiger partial charge in [-0.3, -0.25) is 4.98 Å². The molecule has 0 N–H and O–H groups in total. The number of nitrogens with zero attached hydrogens (tertiary/aromatic N) is 2. The van der Waals surface area contributed by atoms with Crippen LogP contribution < -0.4 is 4.81 Å². The zero-order valence-electron chi connectivity index (χ0n) is 8.91. The van der Waals surface area contributed by atoms with Gasteiger partial charge in [0.1, 0.15) is 11.6 Å². The molecule has 2 aromatic rings. The molecule has 4 nitrogen and oxygen atoms in total. The van der Waals surface area contributed by atoms with E-state index in [0.29, 0.717) is 5.56 Å². The average Bonchev–Trinajstić information content (AvgIpc) is 2.30. The van der Waals surface area contributed by atoms with Crippen LogP contribution in [0.3, 0.4) is 0 Å². The molecular formula is C12H10ClN2O2. The van der Waals surface area contributed by atoms with Gasteiger partial charge in [0.15, 0.2) is 5.69 Å². The second-order valence-corrected chi connectivity index (χ2v) is 4.05. The first-order valence-electron chi connectivity index (χ1n) is 5.04. The largest absolute Gasteiger partial charge is 0.590 e. The molecule has 87 valence electrons. The maximum absolute atomic E-state index is 12.0. The van der Waals surface area contributed by atoms with Crippen LogP contribution in [0.5, 0.6) is 0 Å². The lowest BCUT2D eigenvalue weighted by molar-refractivity contribution is -0.110. The average molecular weight is 250 g/mol. The maximum Gasteiger partial charge on any atom is 0.187 e. The van der Waals surface area contributed by atoms with E-state index in [2.05, 4.69) is 4.98 Å². The Kier molecular flexibility index (Phi) is 3.40. The number of aromatic nitrogens is 1. The van der Waals surface area contributed by atoms with Gasteiger partial charge < -0.3 is 5.21 Å². The lowest BCUT2D eigenvalue weighted by atomic mass is 10.2. The third-order valence-electron chi connectivity index (χ3n) is 2.36. The van der Waals surface area contributed by atoms with Crippen molar-refractivity contribution in [3.05, 3.63) is 64.6 Å². The van der Waals surface area contributed by atoms with E-state index in [1.165, 1.54) is 12.1 Å². The van der Waals surface area contributed by atoms with Crippen LogP contribution in [0.4, 0.5) is 5.69 Å². The van der Waals surface area contributed by atoms with E-state index in [4.69, 9.17) is 11.6 Å². The Bertz CT molecular complexity index is 503. The van der Waals surface area contributed by atoms with Gasteiger partial charge in [-0.25, -0.2) is 0 Å². The summed E-state index contributed by atoms with van der Waals surface area (Å²) in [5.41, 5.74) is 0.649. The fraction of sp³-hybridized carbons (Fsp3) is 0.0833. The standard InChI is InChI=1S/C12H10ClN2O2/c13-11-3-1-2-4-12(11)15(16,17)9-10-5-7-14-8-6-10/h1-8H,9H2. The first kappa shape index (κ1) is 12.0. The minimum Gasteiger partial charge on any atom is -0.590 e. The summed E-state index contributed by atoms with van der Waals surface area (Å²) in [4.78, 5) is 2.05. The van der Waals surface area contributed by atoms with Crippen molar-refractivity contribution in [2.24, 2.45) is 0 Å². The van der Waals surface area contributed by atoms with E-state index in [0.717, 1.165) is 0 Å². The third kappa shape index (κ3) is 2.81. The Morgan fingerprint density at radius 1 is 1.18 bits per heavy atom. The van der Waals surface area contributed by atoms with Crippen molar-refractivity contribution in [2.45, 2.75) is 6.54 Å². The quantitative estimate of drug-likeness (QED) is 0.620. The number of pyridine rings is 1. The van der Waals surface area contributed by atoms with Gasteiger partial charge in [0.25, 0.3) is 0 Å². The fourth-order valence-corrected chi connectivity index (χ4v) is 1.81. The molecule has 0 aliphatic rings. The topological polar surface area (TPSA) is 55.8 Å². The Balaban J connectivity index is 2.28. The highest BCUT2D eigenvalue weighted by atomic mass is 35.5. The molecule has 1 heterocycles. The fourth-order valence-electron chi connectivity index (χ4n) is 1.54. The van der Waals surface area contributed by atoms with Crippen molar-refractivity contribution in [3.8, 4) is 0 Å². The zero-order valence-corrected chi connectivity index (χ0v) is 9.67. The normalized spacial score (nSPS) is 14.3. The van der Waals surface area contributed by atoms with E-state index >= 15 is 0 Å². The minimum atomic E-state index is -1.77. The number of quaternary nitrogens is 1. The summed E-state index contributed by atoms with van der Waals surface area (Å²) < 4.78 is 0. The Morgan fingerprint density at radius 2 is 1.82 bits per heavy atom. The third-order valence-corrected chi connectivity index (χ3v) is 2.68. The van der Waals surface area contributed by atoms with E-state index in [1.807, 2.05) is 0 Å². The monoisotopic (exact) mass is 249 g/mol. The van der Waals surface area contributed by atoms with Crippen molar-refractivity contribution in [1.82, 2.24) is 9.79 Å². The summed E-state index contributed by atoms with van der Waals surface area (Å²) in [6, 6.07) is 9.56. The second-order valence-electron chi connectivity index (χ2n) is 3.64. The summed E-state index contributed by atoms with van der Waals surface area (Å²) >= 11 is 5.85. The molecular weight excluding hydrogens is 240 g/mol. The van der Waals surface area contributed by atoms with Crippen LogP contribution in [0, 0.1) is 5.21 Å². The molecule has 0 atom stereocenters. The second kappa shape index (κ2) is 4.81. The molecule has 1 aromatic heterocycles. The van der Waals surface area contributed by atoms with E-state index in [1.54, 1.807) is 36.7 Å². The van der Waals surface area contributed by atoms with Crippen molar-refractivity contribution < 1.29 is 5.21 Å². The molecule has 0 unspecified atom stereocenters. The maximum atomic E-state index is 12.0. The number of halogens is 1. The number of hydrogen-bond donors (Lipinski definition) is 0. The molecule has 0 saturated heterocycles. The lowest BCUT2D eigenvalue weighted by Gasteiger charge is -2.29. The Morgan fingerprint density at radius 3 is 2.47 bits per heavy atom. The van der Waals surface area contributed by atoms with E-state index < -0.39 is 4.81 Å². The van der Waals surface area contributed by atoms with Crippen molar-refractivity contribution >= 4 is 17.3 Å². The first-order chi connectivity index (χ1) is 8.09. The van der Waals surface area contributed by atoms with Gasteiger partial charge in [-0.05, 0) is 18.2 Å². The molecule has 17 heavy (non-hydrogen) atoms. The van der Waals surface area contributed by atoms with Gasteiger partial charge >= 0.3 is 0 Å². The van der Waals surface area contributed by atoms with Gasteiger partial charge in [0, 0.05) is 29.2 Å². The van der Waals surface area contributed by atoms with Crippen LogP contribution in [-0.4, -0.2) is 4.98 Å². The van der Waals surface area contributed by atoms with Crippen LogP contribution >= 0.6 is 11.6 Å². The van der Waals surface area contributed by atoms with Crippen LogP contribution in [-0.2, 0) is 11.8 Å². The minimum absolute atomic E-state index is 0.0194. The van der Waals surface area contributed by atoms with Gasteiger partial charge in [0.05, 0.1) is 0 Å². The molecule has 5 heteroatoms. The summed E-state index contributed by atoms with van der Waals surface area (Å²) in [7, 11) is 0. The molecule has 0 aliphatic carbocycles. The number of para-hydroxylation sites is 1. The number of rotatable bonds is 3. The van der Waals surface area contributed by atoms with Crippen molar-refractivity contribution in [2.75, 3.05) is 0 Å². The summed E-state index contributed by atoms with van der Waals surface area (Å²) in [5, 5.41) is 24.1. The van der Waals surface area contributed by atoms with Gasteiger partial charge in [0.2, 0.25) is 0 Å². The summed E-state index contributed by atoms with van der Waals surface area (Å²) in [5.74, 6) is 0. The first-order valence-corrected chi connectivity index (χ1v) is 5.41. The van der Waals surface area contributed by atoms with Crippen LogP contribution in [0.2, 0.25) is 5.02 Å².